The lowest BCUT2D eigenvalue weighted by molar-refractivity contribution is -0.131. The van der Waals surface area contributed by atoms with Crippen molar-refractivity contribution in [2.75, 3.05) is 11.9 Å². The number of hydrogen-bond donors (Lipinski definition) is 1. The van der Waals surface area contributed by atoms with Crippen LogP contribution in [-0.2, 0) is 4.79 Å². The summed E-state index contributed by atoms with van der Waals surface area (Å²) in [5, 5.41) is 17.9. The Labute approximate surface area is 117 Å². The maximum Gasteiger partial charge on any atom is 0.328 e. The van der Waals surface area contributed by atoms with Crippen LogP contribution in [0.15, 0.2) is 24.3 Å². The molecule has 1 N–H and O–H groups in total. The largest absolute Gasteiger partial charge is 0.478 e. The first-order valence-electron chi connectivity index (χ1n) is 5.76. The number of carboxylic acids is 1. The van der Waals surface area contributed by atoms with Crippen LogP contribution in [0.1, 0.15) is 18.9 Å². The van der Waals surface area contributed by atoms with E-state index in [0.29, 0.717) is 17.0 Å². The van der Waals surface area contributed by atoms with E-state index in [0.717, 1.165) is 11.8 Å². The van der Waals surface area contributed by atoms with E-state index < -0.39 is 5.97 Å². The molecule has 1 unspecified atom stereocenters. The van der Waals surface area contributed by atoms with Gasteiger partial charge >= 0.3 is 5.97 Å². The van der Waals surface area contributed by atoms with Crippen molar-refractivity contribution in [2.24, 2.45) is 0 Å². The summed E-state index contributed by atoms with van der Waals surface area (Å²) < 4.78 is 0. The summed E-state index contributed by atoms with van der Waals surface area (Å²) in [4.78, 5) is 12.5. The molecule has 0 radical (unpaired) electrons. The van der Waals surface area contributed by atoms with E-state index >= 15 is 0 Å². The van der Waals surface area contributed by atoms with Gasteiger partial charge in [-0.05, 0) is 25.1 Å². The van der Waals surface area contributed by atoms with Gasteiger partial charge in [0.25, 0.3) is 0 Å². The Morgan fingerprint density at radius 1 is 1.63 bits per heavy atom. The highest BCUT2D eigenvalue weighted by molar-refractivity contribution is 6.32. The van der Waals surface area contributed by atoms with Crippen LogP contribution >= 0.6 is 11.6 Å². The minimum Gasteiger partial charge on any atom is -0.478 e. The molecule has 0 saturated heterocycles. The molecule has 1 atom stereocenters. The Kier molecular flexibility index (Phi) is 5.40. The maximum absolute atomic E-state index is 10.6. The Bertz CT molecular complexity index is 535. The molecule has 0 fully saturated rings. The smallest absolute Gasteiger partial charge is 0.328 e. The number of rotatable bonds is 5. The van der Waals surface area contributed by atoms with Gasteiger partial charge in [-0.1, -0.05) is 17.7 Å². The van der Waals surface area contributed by atoms with Gasteiger partial charge in [0.1, 0.15) is 0 Å². The molecule has 0 aliphatic rings. The molecule has 0 spiro atoms. The van der Waals surface area contributed by atoms with Gasteiger partial charge in [-0.15, -0.1) is 0 Å². The van der Waals surface area contributed by atoms with Crippen molar-refractivity contribution in [2.45, 2.75) is 19.4 Å². The fourth-order valence-corrected chi connectivity index (χ4v) is 1.89. The molecule has 1 aromatic rings. The molecule has 100 valence electrons. The SMILES string of the molecule is CC(CC#N)N(C)c1cccc(Cl)c1C=CC(=O)O. The molecule has 0 saturated carbocycles. The highest BCUT2D eigenvalue weighted by Crippen LogP contribution is 2.29. The topological polar surface area (TPSA) is 64.3 Å². The van der Waals surface area contributed by atoms with Gasteiger partial charge < -0.3 is 10.0 Å². The van der Waals surface area contributed by atoms with Crippen LogP contribution in [0, 0.1) is 11.3 Å². The molecule has 0 heterocycles. The molecule has 1 aromatic carbocycles. The van der Waals surface area contributed by atoms with Crippen LogP contribution in [0.2, 0.25) is 5.02 Å². The predicted molar refractivity (Wildman–Crippen MR) is 76.2 cm³/mol. The lowest BCUT2D eigenvalue weighted by Gasteiger charge is -2.27. The zero-order chi connectivity index (χ0) is 14.4. The summed E-state index contributed by atoms with van der Waals surface area (Å²) >= 11 is 6.10. The normalized spacial score (nSPS) is 12.1. The van der Waals surface area contributed by atoms with Crippen molar-refractivity contribution in [3.8, 4) is 6.07 Å². The van der Waals surface area contributed by atoms with Crippen molar-refractivity contribution in [1.82, 2.24) is 0 Å². The average molecular weight is 279 g/mol. The highest BCUT2D eigenvalue weighted by Gasteiger charge is 2.14. The van der Waals surface area contributed by atoms with Crippen LogP contribution in [-0.4, -0.2) is 24.2 Å². The standard InChI is InChI=1S/C14H15ClN2O2/c1-10(8-9-16)17(2)13-5-3-4-12(15)11(13)6-7-14(18)19/h3-7,10H,8H2,1-2H3,(H,18,19). The second-order valence-electron chi connectivity index (χ2n) is 4.17. The monoisotopic (exact) mass is 278 g/mol. The molecule has 0 aliphatic heterocycles. The number of nitrogens with zero attached hydrogens (tertiary/aromatic N) is 2. The van der Waals surface area contributed by atoms with Gasteiger partial charge in [0, 0.05) is 35.4 Å². The molecular weight excluding hydrogens is 264 g/mol. The number of nitriles is 1. The molecule has 0 bridgehead atoms. The second-order valence-corrected chi connectivity index (χ2v) is 4.57. The van der Waals surface area contributed by atoms with Crippen LogP contribution in [0.3, 0.4) is 0 Å². The number of benzene rings is 1. The first kappa shape index (κ1) is 15.1. The van der Waals surface area contributed by atoms with E-state index in [4.69, 9.17) is 22.0 Å². The van der Waals surface area contributed by atoms with Crippen LogP contribution < -0.4 is 4.90 Å². The maximum atomic E-state index is 10.6. The van der Waals surface area contributed by atoms with Gasteiger partial charge in [0.2, 0.25) is 0 Å². The van der Waals surface area contributed by atoms with Crippen LogP contribution in [0.5, 0.6) is 0 Å². The van der Waals surface area contributed by atoms with E-state index in [1.165, 1.54) is 6.08 Å². The van der Waals surface area contributed by atoms with Gasteiger partial charge in [0.05, 0.1) is 12.5 Å². The second kappa shape index (κ2) is 6.81. The van der Waals surface area contributed by atoms with E-state index in [9.17, 15) is 4.79 Å². The zero-order valence-corrected chi connectivity index (χ0v) is 11.6. The lowest BCUT2D eigenvalue weighted by atomic mass is 10.1. The predicted octanol–water partition coefficient (Wildman–Crippen LogP) is 3.18. The summed E-state index contributed by atoms with van der Waals surface area (Å²) in [6, 6.07) is 7.48. The minimum atomic E-state index is -1.03. The van der Waals surface area contributed by atoms with E-state index in [2.05, 4.69) is 6.07 Å². The number of carbonyl (C=O) groups is 1. The summed E-state index contributed by atoms with van der Waals surface area (Å²) in [6.45, 7) is 1.93. The molecule has 4 nitrogen and oxygen atoms in total. The fourth-order valence-electron chi connectivity index (χ4n) is 1.66. The molecule has 0 aromatic heterocycles. The summed E-state index contributed by atoms with van der Waals surface area (Å²) in [6.07, 6.45) is 2.90. The van der Waals surface area contributed by atoms with E-state index in [-0.39, 0.29) is 6.04 Å². The van der Waals surface area contributed by atoms with Crippen LogP contribution in [0.25, 0.3) is 6.08 Å². The third kappa shape index (κ3) is 4.01. The third-order valence-electron chi connectivity index (χ3n) is 2.85. The minimum absolute atomic E-state index is 0.0143. The fraction of sp³-hybridized carbons (Fsp3) is 0.286. The summed E-state index contributed by atoms with van der Waals surface area (Å²) in [5.41, 5.74) is 1.44. The quantitative estimate of drug-likeness (QED) is 0.840. The van der Waals surface area contributed by atoms with Crippen molar-refractivity contribution >= 4 is 29.3 Å². The molecule has 5 heteroatoms. The lowest BCUT2D eigenvalue weighted by Crippen LogP contribution is -2.28. The first-order valence-corrected chi connectivity index (χ1v) is 6.14. The first-order chi connectivity index (χ1) is 8.97. The molecule has 1 rings (SSSR count). The molecule has 0 amide bonds. The molecule has 19 heavy (non-hydrogen) atoms. The Hall–Kier alpha value is -1.99. The van der Waals surface area contributed by atoms with Crippen molar-refractivity contribution < 1.29 is 9.90 Å². The molecule has 0 aliphatic carbocycles. The number of halogens is 1. The summed E-state index contributed by atoms with van der Waals surface area (Å²) in [7, 11) is 1.85. The van der Waals surface area contributed by atoms with Gasteiger partial charge in [-0.3, -0.25) is 0 Å². The Morgan fingerprint density at radius 2 is 2.32 bits per heavy atom. The number of carboxylic acid groups (broad SMARTS) is 1. The zero-order valence-electron chi connectivity index (χ0n) is 10.8. The summed E-state index contributed by atoms with van der Waals surface area (Å²) in [5.74, 6) is -1.03. The van der Waals surface area contributed by atoms with E-state index in [1.807, 2.05) is 24.9 Å². The molecular formula is C14H15ClN2O2. The van der Waals surface area contributed by atoms with Crippen molar-refractivity contribution in [1.29, 1.82) is 5.26 Å². The van der Waals surface area contributed by atoms with Crippen LogP contribution in [0.4, 0.5) is 5.69 Å². The Morgan fingerprint density at radius 3 is 2.89 bits per heavy atom. The van der Waals surface area contributed by atoms with Crippen molar-refractivity contribution in [3.05, 3.63) is 34.9 Å². The number of aliphatic carboxylic acids is 1. The van der Waals surface area contributed by atoms with Crippen molar-refractivity contribution in [3.63, 3.8) is 0 Å². The number of anilines is 1. The van der Waals surface area contributed by atoms with Gasteiger partial charge in [-0.2, -0.15) is 5.26 Å². The highest BCUT2D eigenvalue weighted by atomic mass is 35.5. The Balaban J connectivity index is 3.17. The van der Waals surface area contributed by atoms with E-state index in [1.54, 1.807) is 12.1 Å². The third-order valence-corrected chi connectivity index (χ3v) is 3.18. The average Bonchev–Trinajstić information content (AvgIpc) is 2.36. The van der Waals surface area contributed by atoms with Gasteiger partial charge in [-0.25, -0.2) is 4.79 Å². The van der Waals surface area contributed by atoms with Gasteiger partial charge in [0.15, 0.2) is 0 Å². The number of hydrogen-bond acceptors (Lipinski definition) is 3.